The van der Waals surface area contributed by atoms with Crippen molar-refractivity contribution in [1.29, 1.82) is 0 Å². The smallest absolute Gasteiger partial charge is 0.278 e. The lowest BCUT2D eigenvalue weighted by Gasteiger charge is -2.14. The first-order valence-electron chi connectivity index (χ1n) is 9.85. The Morgan fingerprint density at radius 1 is 1.37 bits per heavy atom. The normalized spacial score (nSPS) is 14.1. The molecule has 9 heteroatoms. The number of carbonyl (C=O) groups is 1. The third-order valence-corrected chi connectivity index (χ3v) is 4.83. The molecule has 0 bridgehead atoms. The highest BCUT2D eigenvalue weighted by Crippen LogP contribution is 2.32. The topological polar surface area (TPSA) is 81.9 Å². The van der Waals surface area contributed by atoms with Crippen LogP contribution >= 0.6 is 0 Å². The zero-order chi connectivity index (χ0) is 21.3. The number of fused-ring (bicyclic) bond motifs is 1. The Labute approximate surface area is 172 Å². The van der Waals surface area contributed by atoms with Gasteiger partial charge in [0.15, 0.2) is 6.61 Å². The Morgan fingerprint density at radius 3 is 2.87 bits per heavy atom. The van der Waals surface area contributed by atoms with Crippen molar-refractivity contribution in [3.05, 3.63) is 42.0 Å². The van der Waals surface area contributed by atoms with E-state index >= 15 is 0 Å². The van der Waals surface area contributed by atoms with Gasteiger partial charge in [0, 0.05) is 25.7 Å². The van der Waals surface area contributed by atoms with Crippen LogP contribution in [-0.4, -0.2) is 38.2 Å². The maximum Gasteiger partial charge on any atom is 0.278 e. The number of ether oxygens (including phenoxy) is 1. The molecule has 0 atom stereocenters. The zero-order valence-electron chi connectivity index (χ0n) is 16.9. The van der Waals surface area contributed by atoms with Crippen molar-refractivity contribution in [1.82, 2.24) is 19.7 Å². The molecule has 3 heterocycles. The summed E-state index contributed by atoms with van der Waals surface area (Å²) in [7, 11) is 0. The molecule has 1 aliphatic carbocycles. The molecule has 1 saturated carbocycles. The zero-order valence-corrected chi connectivity index (χ0v) is 16.9. The van der Waals surface area contributed by atoms with Crippen molar-refractivity contribution in [3.8, 4) is 5.75 Å². The molecule has 1 N–H and O–H groups in total. The van der Waals surface area contributed by atoms with E-state index in [9.17, 15) is 13.6 Å². The van der Waals surface area contributed by atoms with Crippen LogP contribution in [0.4, 0.5) is 14.6 Å². The summed E-state index contributed by atoms with van der Waals surface area (Å²) in [6, 6.07) is 3.56. The SMILES string of the molecule is Cc1cc(Cn2cc3c(NC(=O)CC4CC4)nccc3n2)ncc1OCC(C)(F)F. The van der Waals surface area contributed by atoms with Gasteiger partial charge in [0.05, 0.1) is 29.3 Å². The minimum atomic E-state index is -2.90. The molecule has 0 aliphatic heterocycles. The lowest BCUT2D eigenvalue weighted by Crippen LogP contribution is -2.21. The number of nitrogens with one attached hydrogen (secondary N) is 1. The average Bonchev–Trinajstić information content (AvgIpc) is 3.36. The number of aromatic nitrogens is 4. The maximum atomic E-state index is 13.0. The molecule has 0 radical (unpaired) electrons. The number of aryl methyl sites for hydroxylation is 1. The second kappa shape index (κ2) is 7.97. The van der Waals surface area contributed by atoms with E-state index in [-0.39, 0.29) is 5.91 Å². The molecule has 4 rings (SSSR count). The Hall–Kier alpha value is -3.10. The molecule has 3 aromatic rings. The highest BCUT2D eigenvalue weighted by Gasteiger charge is 2.25. The van der Waals surface area contributed by atoms with Gasteiger partial charge >= 0.3 is 0 Å². The number of hydrogen-bond acceptors (Lipinski definition) is 5. The molecule has 158 valence electrons. The molecular formula is C21H23F2N5O2. The predicted molar refractivity (Wildman–Crippen MR) is 108 cm³/mol. The summed E-state index contributed by atoms with van der Waals surface area (Å²) in [6.45, 7) is 2.28. The van der Waals surface area contributed by atoms with Crippen molar-refractivity contribution >= 4 is 22.6 Å². The van der Waals surface area contributed by atoms with Gasteiger partial charge in [-0.25, -0.2) is 13.8 Å². The minimum absolute atomic E-state index is 0.0317. The van der Waals surface area contributed by atoms with E-state index < -0.39 is 12.5 Å². The van der Waals surface area contributed by atoms with E-state index in [0.29, 0.717) is 41.7 Å². The number of amides is 1. The van der Waals surface area contributed by atoms with Gasteiger partial charge in [-0.15, -0.1) is 0 Å². The van der Waals surface area contributed by atoms with Gasteiger partial charge in [0.1, 0.15) is 11.6 Å². The monoisotopic (exact) mass is 415 g/mol. The number of halogens is 2. The Balaban J connectivity index is 1.48. The van der Waals surface area contributed by atoms with E-state index in [4.69, 9.17) is 4.74 Å². The number of pyridine rings is 2. The Bertz CT molecular complexity index is 1070. The lowest BCUT2D eigenvalue weighted by molar-refractivity contribution is -0.116. The second-order valence-corrected chi connectivity index (χ2v) is 7.91. The summed E-state index contributed by atoms with van der Waals surface area (Å²) >= 11 is 0. The third-order valence-electron chi connectivity index (χ3n) is 4.83. The molecule has 1 aliphatic rings. The van der Waals surface area contributed by atoms with E-state index in [2.05, 4.69) is 20.4 Å². The first-order chi connectivity index (χ1) is 14.3. The third kappa shape index (κ3) is 5.08. The van der Waals surface area contributed by atoms with Crippen LogP contribution in [0.2, 0.25) is 0 Å². The maximum absolute atomic E-state index is 13.0. The van der Waals surface area contributed by atoms with Crippen LogP contribution in [-0.2, 0) is 11.3 Å². The summed E-state index contributed by atoms with van der Waals surface area (Å²) in [5, 5.41) is 8.16. The van der Waals surface area contributed by atoms with Crippen LogP contribution in [0.25, 0.3) is 10.9 Å². The number of carbonyl (C=O) groups excluding carboxylic acids is 1. The van der Waals surface area contributed by atoms with Gasteiger partial charge < -0.3 is 10.1 Å². The quantitative estimate of drug-likeness (QED) is 0.602. The molecule has 0 aromatic carbocycles. The molecule has 0 saturated heterocycles. The summed E-state index contributed by atoms with van der Waals surface area (Å²) in [6.07, 6.45) is 7.62. The van der Waals surface area contributed by atoms with Gasteiger partial charge in [0.25, 0.3) is 5.92 Å². The Morgan fingerprint density at radius 2 is 2.17 bits per heavy atom. The standard InChI is InChI=1S/C21H23F2N5O2/c1-13-7-15(25-9-18(13)30-12-21(2,22)23)10-28-11-16-17(27-28)5-6-24-20(16)26-19(29)8-14-3-4-14/h5-7,9,11,14H,3-4,8,10,12H2,1-2H3,(H,24,26,29). The highest BCUT2D eigenvalue weighted by atomic mass is 19.3. The van der Waals surface area contributed by atoms with Crippen LogP contribution in [0.15, 0.2) is 30.7 Å². The molecule has 0 unspecified atom stereocenters. The summed E-state index contributed by atoms with van der Waals surface area (Å²) in [5.41, 5.74) is 2.15. The van der Waals surface area contributed by atoms with E-state index in [1.165, 1.54) is 6.20 Å². The van der Waals surface area contributed by atoms with Crippen LogP contribution < -0.4 is 10.1 Å². The van der Waals surface area contributed by atoms with E-state index in [1.807, 2.05) is 6.20 Å². The molecule has 0 spiro atoms. The van der Waals surface area contributed by atoms with E-state index in [0.717, 1.165) is 30.7 Å². The molecule has 1 amide bonds. The summed E-state index contributed by atoms with van der Waals surface area (Å²) in [4.78, 5) is 20.7. The van der Waals surface area contributed by atoms with Crippen molar-refractivity contribution in [2.75, 3.05) is 11.9 Å². The Kier molecular flexibility index (Phi) is 5.36. The van der Waals surface area contributed by atoms with Gasteiger partial charge in [-0.3, -0.25) is 14.5 Å². The van der Waals surface area contributed by atoms with Crippen molar-refractivity contribution in [3.63, 3.8) is 0 Å². The fraction of sp³-hybridized carbons (Fsp3) is 0.429. The van der Waals surface area contributed by atoms with Crippen molar-refractivity contribution in [2.45, 2.75) is 45.6 Å². The van der Waals surface area contributed by atoms with E-state index in [1.54, 1.807) is 29.9 Å². The predicted octanol–water partition coefficient (Wildman–Crippen LogP) is 3.96. The van der Waals surface area contributed by atoms with Crippen LogP contribution in [0.1, 0.15) is 37.4 Å². The number of alkyl halides is 2. The van der Waals surface area contributed by atoms with Crippen LogP contribution in [0, 0.1) is 12.8 Å². The fourth-order valence-corrected chi connectivity index (χ4v) is 3.15. The molecular weight excluding hydrogens is 392 g/mol. The van der Waals surface area contributed by atoms with Gasteiger partial charge in [-0.2, -0.15) is 5.10 Å². The molecule has 7 nitrogen and oxygen atoms in total. The number of hydrogen-bond donors (Lipinski definition) is 1. The second-order valence-electron chi connectivity index (χ2n) is 7.91. The van der Waals surface area contributed by atoms with Gasteiger partial charge in [-0.1, -0.05) is 0 Å². The van der Waals surface area contributed by atoms with Crippen molar-refractivity contribution in [2.24, 2.45) is 5.92 Å². The first kappa shape index (κ1) is 20.2. The van der Waals surface area contributed by atoms with Gasteiger partial charge in [0.2, 0.25) is 5.91 Å². The van der Waals surface area contributed by atoms with Crippen LogP contribution in [0.5, 0.6) is 5.75 Å². The highest BCUT2D eigenvalue weighted by molar-refractivity contribution is 5.99. The summed E-state index contributed by atoms with van der Waals surface area (Å²) < 4.78 is 32.9. The first-order valence-corrected chi connectivity index (χ1v) is 9.85. The lowest BCUT2D eigenvalue weighted by atomic mass is 10.2. The summed E-state index contributed by atoms with van der Waals surface area (Å²) in [5.74, 6) is -1.61. The van der Waals surface area contributed by atoms with Crippen LogP contribution in [0.3, 0.4) is 0 Å². The number of rotatable bonds is 8. The fourth-order valence-electron chi connectivity index (χ4n) is 3.15. The number of nitrogens with zero attached hydrogens (tertiary/aromatic N) is 4. The largest absolute Gasteiger partial charge is 0.485 e. The van der Waals surface area contributed by atoms with Gasteiger partial charge in [-0.05, 0) is 43.4 Å². The molecule has 3 aromatic heterocycles. The molecule has 1 fully saturated rings. The molecule has 30 heavy (non-hydrogen) atoms. The average molecular weight is 415 g/mol. The minimum Gasteiger partial charge on any atom is -0.485 e. The number of anilines is 1. The van der Waals surface area contributed by atoms with Crippen molar-refractivity contribution < 1.29 is 18.3 Å².